The molecule has 154 valence electrons. The molecule has 0 aromatic carbocycles. The van der Waals surface area contributed by atoms with Crippen LogP contribution < -0.4 is 5.32 Å². The van der Waals surface area contributed by atoms with Crippen LogP contribution in [0.4, 0.5) is 4.79 Å². The highest BCUT2D eigenvalue weighted by Gasteiger charge is 2.17. The maximum Gasteiger partial charge on any atom is 0.407 e. The summed E-state index contributed by atoms with van der Waals surface area (Å²) in [5.74, 6) is -0.380. The van der Waals surface area contributed by atoms with Crippen molar-refractivity contribution in [3.05, 3.63) is 34.5 Å². The SMILES string of the molecule is CC/C=C/CCCCCCC(OC(=O)NCCCS(=O)(=O)O)c1ccsc1. The third kappa shape index (κ3) is 12.6. The molecule has 1 aromatic heterocycles. The van der Waals surface area contributed by atoms with Gasteiger partial charge in [0.1, 0.15) is 6.10 Å². The number of carbonyl (C=O) groups is 1. The smallest absolute Gasteiger partial charge is 0.407 e. The normalized spacial score (nSPS) is 13.0. The van der Waals surface area contributed by atoms with Gasteiger partial charge < -0.3 is 10.1 Å². The Hall–Kier alpha value is -1.38. The Morgan fingerprint density at radius 2 is 2.04 bits per heavy atom. The van der Waals surface area contributed by atoms with E-state index in [1.165, 1.54) is 6.42 Å². The minimum atomic E-state index is -4.00. The van der Waals surface area contributed by atoms with Gasteiger partial charge >= 0.3 is 6.09 Å². The van der Waals surface area contributed by atoms with Gasteiger partial charge in [-0.3, -0.25) is 4.55 Å². The summed E-state index contributed by atoms with van der Waals surface area (Å²) in [7, 11) is -4.00. The van der Waals surface area contributed by atoms with E-state index >= 15 is 0 Å². The lowest BCUT2D eigenvalue weighted by Crippen LogP contribution is -2.28. The maximum atomic E-state index is 12.0. The number of allylic oxidation sites excluding steroid dienone is 2. The number of alkyl carbamates (subject to hydrolysis) is 1. The van der Waals surface area contributed by atoms with Crippen molar-refractivity contribution in [1.29, 1.82) is 0 Å². The lowest BCUT2D eigenvalue weighted by molar-refractivity contribution is 0.0910. The second-order valence-corrected chi connectivity index (χ2v) is 8.74. The van der Waals surface area contributed by atoms with Crippen molar-refractivity contribution in [3.8, 4) is 0 Å². The van der Waals surface area contributed by atoms with Crippen LogP contribution in [-0.2, 0) is 14.9 Å². The topological polar surface area (TPSA) is 92.7 Å². The fourth-order valence-electron chi connectivity index (χ4n) is 2.60. The summed E-state index contributed by atoms with van der Waals surface area (Å²) in [6, 6.07) is 1.95. The van der Waals surface area contributed by atoms with Crippen LogP contribution in [0.15, 0.2) is 29.0 Å². The molecule has 0 radical (unpaired) electrons. The molecule has 1 atom stereocenters. The van der Waals surface area contributed by atoms with E-state index in [0.717, 1.165) is 44.1 Å². The number of hydrogen-bond acceptors (Lipinski definition) is 5. The van der Waals surface area contributed by atoms with Crippen LogP contribution in [0, 0.1) is 0 Å². The fourth-order valence-corrected chi connectivity index (χ4v) is 3.81. The van der Waals surface area contributed by atoms with E-state index in [0.29, 0.717) is 0 Å². The number of hydrogen-bond donors (Lipinski definition) is 2. The molecule has 0 bridgehead atoms. The molecule has 0 aliphatic heterocycles. The number of amides is 1. The van der Waals surface area contributed by atoms with Gasteiger partial charge in [-0.1, -0.05) is 31.9 Å². The molecule has 0 aliphatic rings. The van der Waals surface area contributed by atoms with Gasteiger partial charge in [0, 0.05) is 12.1 Å². The Morgan fingerprint density at radius 3 is 2.70 bits per heavy atom. The highest BCUT2D eigenvalue weighted by Crippen LogP contribution is 2.26. The molecule has 6 nitrogen and oxygen atoms in total. The number of unbranched alkanes of at least 4 members (excludes halogenated alkanes) is 4. The van der Waals surface area contributed by atoms with Gasteiger partial charge in [-0.05, 0) is 55.4 Å². The van der Waals surface area contributed by atoms with E-state index in [9.17, 15) is 13.2 Å². The molecule has 0 saturated carbocycles. The summed E-state index contributed by atoms with van der Waals surface area (Å²) in [5, 5.41) is 6.47. The van der Waals surface area contributed by atoms with Crippen LogP contribution >= 0.6 is 11.3 Å². The molecule has 0 spiro atoms. The summed E-state index contributed by atoms with van der Waals surface area (Å²) in [4.78, 5) is 12.0. The predicted octanol–water partition coefficient (Wildman–Crippen LogP) is 5.10. The first kappa shape index (κ1) is 23.7. The largest absolute Gasteiger partial charge is 0.441 e. The van der Waals surface area contributed by atoms with E-state index in [-0.39, 0.29) is 24.8 Å². The number of thiophene rings is 1. The summed E-state index contributed by atoms with van der Waals surface area (Å²) in [5.41, 5.74) is 0.985. The molecule has 1 heterocycles. The third-order valence-corrected chi connectivity index (χ3v) is 5.51. The fraction of sp³-hybridized carbons (Fsp3) is 0.632. The van der Waals surface area contributed by atoms with Crippen molar-refractivity contribution >= 4 is 27.5 Å². The van der Waals surface area contributed by atoms with Gasteiger partial charge in [0.05, 0.1) is 5.75 Å². The Morgan fingerprint density at radius 1 is 1.26 bits per heavy atom. The first-order valence-electron chi connectivity index (χ1n) is 9.49. The molecule has 1 rings (SSSR count). The minimum Gasteiger partial charge on any atom is -0.441 e. The molecule has 8 heteroatoms. The highest BCUT2D eigenvalue weighted by molar-refractivity contribution is 7.85. The van der Waals surface area contributed by atoms with Crippen LogP contribution in [-0.4, -0.2) is 31.4 Å². The minimum absolute atomic E-state index is 0.139. The van der Waals surface area contributed by atoms with Crippen LogP contribution in [0.2, 0.25) is 0 Å². The molecule has 0 aliphatic carbocycles. The van der Waals surface area contributed by atoms with Gasteiger partial charge in [0.15, 0.2) is 0 Å². The first-order chi connectivity index (χ1) is 12.9. The second kappa shape index (κ2) is 13.7. The Bertz CT molecular complexity index is 641. The molecule has 2 N–H and O–H groups in total. The zero-order valence-electron chi connectivity index (χ0n) is 15.9. The van der Waals surface area contributed by atoms with Gasteiger partial charge in [-0.2, -0.15) is 19.8 Å². The lowest BCUT2D eigenvalue weighted by Gasteiger charge is -2.17. The maximum absolute atomic E-state index is 12.0. The van der Waals surface area contributed by atoms with Crippen molar-refractivity contribution in [2.75, 3.05) is 12.3 Å². The number of carbonyl (C=O) groups excluding carboxylic acids is 1. The molecule has 0 saturated heterocycles. The number of ether oxygens (including phenoxy) is 1. The van der Waals surface area contributed by atoms with E-state index in [1.807, 2.05) is 16.8 Å². The molecule has 27 heavy (non-hydrogen) atoms. The first-order valence-corrected chi connectivity index (χ1v) is 12.0. The molecule has 1 unspecified atom stereocenters. The van der Waals surface area contributed by atoms with E-state index in [4.69, 9.17) is 9.29 Å². The Balaban J connectivity index is 2.31. The average molecular weight is 418 g/mol. The average Bonchev–Trinajstić information content (AvgIpc) is 3.14. The van der Waals surface area contributed by atoms with Crippen molar-refractivity contribution in [1.82, 2.24) is 5.32 Å². The van der Waals surface area contributed by atoms with Gasteiger partial charge in [-0.25, -0.2) is 4.79 Å². The monoisotopic (exact) mass is 417 g/mol. The Kier molecular flexibility index (Phi) is 12.0. The van der Waals surface area contributed by atoms with Crippen LogP contribution in [0.3, 0.4) is 0 Å². The highest BCUT2D eigenvalue weighted by atomic mass is 32.2. The second-order valence-electron chi connectivity index (χ2n) is 6.39. The van der Waals surface area contributed by atoms with Gasteiger partial charge in [0.2, 0.25) is 0 Å². The zero-order chi connectivity index (χ0) is 20.0. The summed E-state index contributed by atoms with van der Waals surface area (Å²) in [6.45, 7) is 2.27. The number of nitrogens with one attached hydrogen (secondary N) is 1. The summed E-state index contributed by atoms with van der Waals surface area (Å²) >= 11 is 1.56. The molecular weight excluding hydrogens is 386 g/mol. The van der Waals surface area contributed by atoms with E-state index in [2.05, 4.69) is 24.4 Å². The Labute approximate surface area is 166 Å². The van der Waals surface area contributed by atoms with Gasteiger partial charge in [-0.15, -0.1) is 0 Å². The van der Waals surface area contributed by atoms with Crippen molar-refractivity contribution in [3.63, 3.8) is 0 Å². The van der Waals surface area contributed by atoms with Crippen molar-refractivity contribution in [2.45, 2.75) is 64.4 Å². The third-order valence-electron chi connectivity index (χ3n) is 4.00. The standard InChI is InChI=1S/C19H31NO5S2/c1-2-3-4-5-6-7-8-9-11-18(17-12-14-26-16-17)25-19(21)20-13-10-15-27(22,23)24/h3-4,12,14,16,18H,2,5-11,13,15H2,1H3,(H,20,21)(H,22,23,24)/b4-3+. The van der Waals surface area contributed by atoms with Crippen LogP contribution in [0.25, 0.3) is 0 Å². The van der Waals surface area contributed by atoms with Crippen molar-refractivity contribution in [2.24, 2.45) is 0 Å². The molecule has 0 fully saturated rings. The number of rotatable bonds is 14. The van der Waals surface area contributed by atoms with Crippen LogP contribution in [0.5, 0.6) is 0 Å². The van der Waals surface area contributed by atoms with Gasteiger partial charge in [0.25, 0.3) is 10.1 Å². The molecule has 1 aromatic rings. The zero-order valence-corrected chi connectivity index (χ0v) is 17.6. The van der Waals surface area contributed by atoms with Crippen LogP contribution in [0.1, 0.15) is 70.0 Å². The quantitative estimate of drug-likeness (QED) is 0.249. The summed E-state index contributed by atoms with van der Waals surface area (Å²) < 4.78 is 35.5. The predicted molar refractivity (Wildman–Crippen MR) is 110 cm³/mol. The molecule has 1 amide bonds. The molecular formula is C19H31NO5S2. The summed E-state index contributed by atoms with van der Waals surface area (Å²) in [6.07, 6.45) is 11.1. The van der Waals surface area contributed by atoms with Crippen molar-refractivity contribution < 1.29 is 22.5 Å². The van der Waals surface area contributed by atoms with E-state index in [1.54, 1.807) is 11.3 Å². The lowest BCUT2D eigenvalue weighted by atomic mass is 10.0. The van der Waals surface area contributed by atoms with E-state index < -0.39 is 16.2 Å².